The Hall–Kier alpha value is -1.02. The van der Waals surface area contributed by atoms with Gasteiger partial charge in [-0.2, -0.15) is 0 Å². The van der Waals surface area contributed by atoms with Crippen LogP contribution in [0.3, 0.4) is 0 Å². The summed E-state index contributed by atoms with van der Waals surface area (Å²) in [6, 6.07) is 6.96. The second-order valence-corrected chi connectivity index (χ2v) is 7.57. The van der Waals surface area contributed by atoms with Crippen LogP contribution in [0.5, 0.6) is 0 Å². The Bertz CT molecular complexity index is 586. The van der Waals surface area contributed by atoms with E-state index in [1.165, 1.54) is 12.3 Å². The molecule has 0 bridgehead atoms. The molecule has 1 aliphatic rings. The van der Waals surface area contributed by atoms with E-state index in [1.54, 1.807) is 6.07 Å². The maximum atomic E-state index is 13.8. The molecule has 124 valence electrons. The third-order valence-electron chi connectivity index (χ3n) is 4.10. The van der Waals surface area contributed by atoms with Crippen molar-refractivity contribution in [2.45, 2.75) is 13.0 Å². The molecule has 0 unspecified atom stereocenters. The van der Waals surface area contributed by atoms with Crippen LogP contribution >= 0.6 is 0 Å². The molecular weight excluding hydrogens is 305 g/mol. The molecule has 1 aliphatic heterocycles. The van der Waals surface area contributed by atoms with Gasteiger partial charge in [-0.25, -0.2) is 17.5 Å². The molecule has 0 aromatic heterocycles. The highest BCUT2D eigenvalue weighted by atomic mass is 32.2. The smallest absolute Gasteiger partial charge is 0.208 e. The molecule has 1 heterocycles. The van der Waals surface area contributed by atoms with Gasteiger partial charge in [0.2, 0.25) is 10.0 Å². The number of hydrogen-bond acceptors (Lipinski definition) is 4. The maximum absolute atomic E-state index is 13.8. The van der Waals surface area contributed by atoms with E-state index >= 15 is 0 Å². The Kier molecular flexibility index (Phi) is 5.91. The van der Waals surface area contributed by atoms with Gasteiger partial charge in [-0.1, -0.05) is 18.2 Å². The molecule has 1 aromatic rings. The summed E-state index contributed by atoms with van der Waals surface area (Å²) in [5.41, 5.74) is 0.731. The number of nitrogens with one attached hydrogen (secondary N) is 1. The number of halogens is 1. The van der Waals surface area contributed by atoms with Gasteiger partial charge >= 0.3 is 0 Å². The first-order valence-corrected chi connectivity index (χ1v) is 9.41. The Labute approximate surface area is 132 Å². The summed E-state index contributed by atoms with van der Waals surface area (Å²) < 4.78 is 38.4. The monoisotopic (exact) mass is 329 g/mol. The predicted octanol–water partition coefficient (Wildman–Crippen LogP) is 1.05. The lowest BCUT2D eigenvalue weighted by Gasteiger charge is -2.38. The van der Waals surface area contributed by atoms with Gasteiger partial charge in [-0.05, 0) is 13.0 Å². The molecule has 0 radical (unpaired) electrons. The molecule has 1 fully saturated rings. The Balaban J connectivity index is 1.81. The van der Waals surface area contributed by atoms with Crippen molar-refractivity contribution < 1.29 is 12.8 Å². The van der Waals surface area contributed by atoms with Crippen molar-refractivity contribution in [2.24, 2.45) is 0 Å². The van der Waals surface area contributed by atoms with Crippen molar-refractivity contribution in [3.8, 4) is 0 Å². The molecule has 22 heavy (non-hydrogen) atoms. The lowest BCUT2D eigenvalue weighted by atomic mass is 10.1. The van der Waals surface area contributed by atoms with E-state index in [1.807, 2.05) is 19.1 Å². The highest BCUT2D eigenvalue weighted by Crippen LogP contribution is 2.23. The number of hydrogen-bond donors (Lipinski definition) is 1. The lowest BCUT2D eigenvalue weighted by Crippen LogP contribution is -2.49. The molecule has 1 saturated heterocycles. The minimum Gasteiger partial charge on any atom is -0.299 e. The van der Waals surface area contributed by atoms with Gasteiger partial charge in [0, 0.05) is 50.9 Å². The van der Waals surface area contributed by atoms with Crippen LogP contribution in [0.1, 0.15) is 18.5 Å². The summed E-state index contributed by atoms with van der Waals surface area (Å²) >= 11 is 0. The first kappa shape index (κ1) is 17.3. The summed E-state index contributed by atoms with van der Waals surface area (Å²) in [7, 11) is -3.12. The summed E-state index contributed by atoms with van der Waals surface area (Å²) in [4.78, 5) is 4.49. The van der Waals surface area contributed by atoms with E-state index in [2.05, 4.69) is 14.5 Å². The van der Waals surface area contributed by atoms with Gasteiger partial charge in [-0.3, -0.25) is 9.80 Å². The minimum atomic E-state index is -3.12. The van der Waals surface area contributed by atoms with Crippen molar-refractivity contribution in [1.29, 1.82) is 0 Å². The zero-order valence-electron chi connectivity index (χ0n) is 13.1. The lowest BCUT2D eigenvalue weighted by molar-refractivity contribution is 0.102. The fourth-order valence-electron chi connectivity index (χ4n) is 2.77. The van der Waals surface area contributed by atoms with Gasteiger partial charge in [0.05, 0.1) is 6.26 Å². The Morgan fingerprint density at radius 3 is 2.45 bits per heavy atom. The van der Waals surface area contributed by atoms with E-state index in [4.69, 9.17) is 0 Å². The standard InChI is InChI=1S/C15H24FN3O2S/c1-13(14-5-3-4-6-15(14)16)19-11-9-18(10-12-19)8-7-17-22(2,20)21/h3-6,13,17H,7-12H2,1-2H3/t13-/m0/s1. The molecule has 1 N–H and O–H groups in total. The summed E-state index contributed by atoms with van der Waals surface area (Å²) in [6.07, 6.45) is 1.17. The summed E-state index contributed by atoms with van der Waals surface area (Å²) in [5, 5.41) is 0. The predicted molar refractivity (Wildman–Crippen MR) is 85.7 cm³/mol. The second kappa shape index (κ2) is 7.50. The first-order valence-electron chi connectivity index (χ1n) is 7.52. The number of sulfonamides is 1. The van der Waals surface area contributed by atoms with E-state index in [9.17, 15) is 12.8 Å². The van der Waals surface area contributed by atoms with Crippen LogP contribution < -0.4 is 4.72 Å². The average Bonchev–Trinajstić information content (AvgIpc) is 2.46. The van der Waals surface area contributed by atoms with E-state index in [-0.39, 0.29) is 11.9 Å². The number of benzene rings is 1. The van der Waals surface area contributed by atoms with Crippen LogP contribution in [-0.2, 0) is 10.0 Å². The Morgan fingerprint density at radius 1 is 1.23 bits per heavy atom. The molecule has 7 heteroatoms. The molecule has 5 nitrogen and oxygen atoms in total. The SMILES string of the molecule is C[C@@H](c1ccccc1F)N1CCN(CCNS(C)(=O)=O)CC1. The third kappa shape index (κ3) is 5.01. The van der Waals surface area contributed by atoms with Gasteiger partial charge in [0.1, 0.15) is 5.82 Å². The molecule has 0 saturated carbocycles. The van der Waals surface area contributed by atoms with Crippen LogP contribution in [0.2, 0.25) is 0 Å². The zero-order chi connectivity index (χ0) is 16.2. The normalized spacial score (nSPS) is 19.2. The zero-order valence-corrected chi connectivity index (χ0v) is 13.9. The topological polar surface area (TPSA) is 52.6 Å². The third-order valence-corrected chi connectivity index (χ3v) is 4.83. The largest absolute Gasteiger partial charge is 0.299 e. The molecular formula is C15H24FN3O2S. The van der Waals surface area contributed by atoms with Gasteiger partial charge in [0.15, 0.2) is 0 Å². The molecule has 2 rings (SSSR count). The van der Waals surface area contributed by atoms with Gasteiger partial charge in [0.25, 0.3) is 0 Å². The number of nitrogens with zero attached hydrogens (tertiary/aromatic N) is 2. The van der Waals surface area contributed by atoms with Crippen molar-refractivity contribution in [1.82, 2.24) is 14.5 Å². The van der Waals surface area contributed by atoms with Crippen molar-refractivity contribution in [3.63, 3.8) is 0 Å². The Morgan fingerprint density at radius 2 is 1.86 bits per heavy atom. The molecule has 1 atom stereocenters. The first-order chi connectivity index (χ1) is 10.4. The fourth-order valence-corrected chi connectivity index (χ4v) is 3.24. The van der Waals surface area contributed by atoms with Crippen LogP contribution in [0.4, 0.5) is 4.39 Å². The summed E-state index contributed by atoms with van der Waals surface area (Å²) in [6.45, 7) is 6.60. The van der Waals surface area contributed by atoms with Crippen LogP contribution in [0.25, 0.3) is 0 Å². The second-order valence-electron chi connectivity index (χ2n) is 5.74. The molecule has 0 aliphatic carbocycles. The number of rotatable bonds is 6. The van der Waals surface area contributed by atoms with E-state index in [0.29, 0.717) is 13.1 Å². The molecule has 0 amide bonds. The van der Waals surface area contributed by atoms with Crippen molar-refractivity contribution in [3.05, 3.63) is 35.6 Å². The van der Waals surface area contributed by atoms with Crippen molar-refractivity contribution >= 4 is 10.0 Å². The summed E-state index contributed by atoms with van der Waals surface area (Å²) in [5.74, 6) is -0.158. The van der Waals surface area contributed by atoms with Gasteiger partial charge < -0.3 is 0 Å². The van der Waals surface area contributed by atoms with Crippen LogP contribution in [-0.4, -0.2) is 63.7 Å². The molecule has 0 spiro atoms. The van der Waals surface area contributed by atoms with Crippen LogP contribution in [0.15, 0.2) is 24.3 Å². The fraction of sp³-hybridized carbons (Fsp3) is 0.600. The highest BCUT2D eigenvalue weighted by molar-refractivity contribution is 7.88. The maximum Gasteiger partial charge on any atom is 0.208 e. The molecule has 1 aromatic carbocycles. The van der Waals surface area contributed by atoms with Crippen molar-refractivity contribution in [2.75, 3.05) is 45.5 Å². The van der Waals surface area contributed by atoms with Crippen LogP contribution in [0, 0.1) is 5.82 Å². The quantitative estimate of drug-likeness (QED) is 0.848. The van der Waals surface area contributed by atoms with E-state index in [0.717, 1.165) is 31.7 Å². The number of piperazine rings is 1. The minimum absolute atomic E-state index is 0.0532. The highest BCUT2D eigenvalue weighted by Gasteiger charge is 2.23. The van der Waals surface area contributed by atoms with Gasteiger partial charge in [-0.15, -0.1) is 0 Å². The average molecular weight is 329 g/mol. The van der Waals surface area contributed by atoms with E-state index < -0.39 is 10.0 Å².